The lowest BCUT2D eigenvalue weighted by molar-refractivity contribution is 0.0696. The van der Waals surface area contributed by atoms with Gasteiger partial charge < -0.3 is 10.0 Å². The second-order valence-electron chi connectivity index (χ2n) is 5.48. The highest BCUT2D eigenvalue weighted by Crippen LogP contribution is 2.30. The number of pyridine rings is 1. The van der Waals surface area contributed by atoms with Crippen LogP contribution in [0.15, 0.2) is 12.3 Å². The largest absolute Gasteiger partial charge is 0.478 e. The summed E-state index contributed by atoms with van der Waals surface area (Å²) in [5.41, 5.74) is 1.13. The molecule has 1 aliphatic rings. The van der Waals surface area contributed by atoms with Crippen molar-refractivity contribution in [3.05, 3.63) is 23.4 Å². The number of hydrogen-bond donors (Lipinski definition) is 1. The Bertz CT molecular complexity index is 473. The molecule has 0 bridgehead atoms. The number of hydrogen-bond acceptors (Lipinski definition) is 3. The van der Waals surface area contributed by atoms with Crippen molar-refractivity contribution in [2.45, 2.75) is 46.1 Å². The molecule has 2 heterocycles. The molecule has 0 spiro atoms. The summed E-state index contributed by atoms with van der Waals surface area (Å²) in [6, 6.07) is 2.12. The van der Waals surface area contributed by atoms with Crippen molar-refractivity contribution < 1.29 is 9.90 Å². The van der Waals surface area contributed by atoms with Crippen LogP contribution in [0.4, 0.5) is 5.82 Å². The van der Waals surface area contributed by atoms with Gasteiger partial charge in [0.15, 0.2) is 0 Å². The van der Waals surface area contributed by atoms with Gasteiger partial charge in [0, 0.05) is 18.8 Å². The SMILES string of the molecule is CCC1CCC(C)N(c2nccc(C)c2C(=O)O)C1. The van der Waals surface area contributed by atoms with Gasteiger partial charge in [-0.05, 0) is 44.2 Å². The van der Waals surface area contributed by atoms with Gasteiger partial charge in [0.2, 0.25) is 0 Å². The summed E-state index contributed by atoms with van der Waals surface area (Å²) in [6.45, 7) is 7.09. The summed E-state index contributed by atoms with van der Waals surface area (Å²) in [5.74, 6) is 0.393. The summed E-state index contributed by atoms with van der Waals surface area (Å²) >= 11 is 0. The van der Waals surface area contributed by atoms with Gasteiger partial charge in [-0.3, -0.25) is 0 Å². The smallest absolute Gasteiger partial charge is 0.339 e. The van der Waals surface area contributed by atoms with Gasteiger partial charge in [0.25, 0.3) is 0 Å². The molecule has 1 aromatic rings. The van der Waals surface area contributed by atoms with Crippen LogP contribution in [0.3, 0.4) is 0 Å². The number of aryl methyl sites for hydroxylation is 1. The summed E-state index contributed by atoms with van der Waals surface area (Å²) in [6.07, 6.45) is 5.17. The molecule has 0 aliphatic carbocycles. The van der Waals surface area contributed by atoms with Gasteiger partial charge in [0.05, 0.1) is 0 Å². The van der Waals surface area contributed by atoms with Crippen LogP contribution in [0.5, 0.6) is 0 Å². The maximum atomic E-state index is 11.5. The fourth-order valence-corrected chi connectivity index (χ4v) is 2.84. The highest BCUT2D eigenvalue weighted by Gasteiger charge is 2.29. The number of anilines is 1. The standard InChI is InChI=1S/C15H22N2O2/c1-4-12-6-5-11(3)17(9-12)14-13(15(18)19)10(2)7-8-16-14/h7-8,11-12H,4-6,9H2,1-3H3,(H,18,19). The lowest BCUT2D eigenvalue weighted by Gasteiger charge is -2.39. The molecule has 2 atom stereocenters. The third-order valence-electron chi connectivity index (χ3n) is 4.18. The Morgan fingerprint density at radius 1 is 1.53 bits per heavy atom. The molecular weight excluding hydrogens is 240 g/mol. The number of rotatable bonds is 3. The average Bonchev–Trinajstić information content (AvgIpc) is 2.38. The van der Waals surface area contributed by atoms with E-state index in [9.17, 15) is 9.90 Å². The Hall–Kier alpha value is -1.58. The second kappa shape index (κ2) is 5.59. The molecule has 4 nitrogen and oxygen atoms in total. The topological polar surface area (TPSA) is 53.4 Å². The van der Waals surface area contributed by atoms with Crippen molar-refractivity contribution in [1.29, 1.82) is 0 Å². The van der Waals surface area contributed by atoms with E-state index < -0.39 is 5.97 Å². The van der Waals surface area contributed by atoms with Gasteiger partial charge in [-0.1, -0.05) is 13.3 Å². The Labute approximate surface area is 114 Å². The average molecular weight is 262 g/mol. The van der Waals surface area contributed by atoms with E-state index in [1.54, 1.807) is 12.3 Å². The van der Waals surface area contributed by atoms with Gasteiger partial charge in [-0.25, -0.2) is 9.78 Å². The molecule has 1 N–H and O–H groups in total. The minimum atomic E-state index is -0.883. The van der Waals surface area contributed by atoms with Crippen LogP contribution in [-0.4, -0.2) is 28.6 Å². The van der Waals surface area contributed by atoms with E-state index in [0.29, 0.717) is 23.3 Å². The summed E-state index contributed by atoms with van der Waals surface area (Å²) in [4.78, 5) is 18.0. The first-order valence-corrected chi connectivity index (χ1v) is 7.00. The molecule has 0 amide bonds. The van der Waals surface area contributed by atoms with E-state index in [1.807, 2.05) is 6.92 Å². The molecule has 0 saturated carbocycles. The van der Waals surface area contributed by atoms with E-state index in [1.165, 1.54) is 6.42 Å². The van der Waals surface area contributed by atoms with Crippen LogP contribution in [-0.2, 0) is 0 Å². The van der Waals surface area contributed by atoms with Gasteiger partial charge in [-0.15, -0.1) is 0 Å². The summed E-state index contributed by atoms with van der Waals surface area (Å²) in [7, 11) is 0. The zero-order valence-corrected chi connectivity index (χ0v) is 11.9. The molecule has 1 saturated heterocycles. The molecule has 0 aromatic carbocycles. The van der Waals surface area contributed by atoms with Gasteiger partial charge in [-0.2, -0.15) is 0 Å². The van der Waals surface area contributed by atoms with Crippen LogP contribution in [0.1, 0.15) is 49.0 Å². The summed E-state index contributed by atoms with van der Waals surface area (Å²) in [5, 5.41) is 9.42. The van der Waals surface area contributed by atoms with Crippen LogP contribution in [0.2, 0.25) is 0 Å². The maximum absolute atomic E-state index is 11.5. The minimum Gasteiger partial charge on any atom is -0.478 e. The maximum Gasteiger partial charge on any atom is 0.339 e. The molecular formula is C15H22N2O2. The molecule has 2 rings (SSSR count). The second-order valence-corrected chi connectivity index (χ2v) is 5.48. The van der Waals surface area contributed by atoms with Crippen molar-refractivity contribution in [2.75, 3.05) is 11.4 Å². The van der Waals surface area contributed by atoms with Crippen molar-refractivity contribution in [2.24, 2.45) is 5.92 Å². The fraction of sp³-hybridized carbons (Fsp3) is 0.600. The zero-order valence-electron chi connectivity index (χ0n) is 11.9. The van der Waals surface area contributed by atoms with Crippen LogP contribution in [0.25, 0.3) is 0 Å². The first-order chi connectivity index (χ1) is 9.04. The van der Waals surface area contributed by atoms with E-state index in [-0.39, 0.29) is 0 Å². The van der Waals surface area contributed by atoms with E-state index in [2.05, 4.69) is 23.7 Å². The van der Waals surface area contributed by atoms with Crippen molar-refractivity contribution in [3.8, 4) is 0 Å². The predicted molar refractivity (Wildman–Crippen MR) is 75.8 cm³/mol. The highest BCUT2D eigenvalue weighted by atomic mass is 16.4. The molecule has 2 unspecified atom stereocenters. The molecule has 4 heteroatoms. The molecule has 19 heavy (non-hydrogen) atoms. The van der Waals surface area contributed by atoms with Gasteiger partial charge in [0.1, 0.15) is 11.4 Å². The van der Waals surface area contributed by atoms with E-state index in [4.69, 9.17) is 0 Å². The van der Waals surface area contributed by atoms with Crippen molar-refractivity contribution >= 4 is 11.8 Å². The monoisotopic (exact) mass is 262 g/mol. The van der Waals surface area contributed by atoms with Crippen molar-refractivity contribution in [1.82, 2.24) is 4.98 Å². The van der Waals surface area contributed by atoms with E-state index in [0.717, 1.165) is 24.9 Å². The minimum absolute atomic E-state index is 0.353. The lowest BCUT2D eigenvalue weighted by atomic mass is 9.91. The van der Waals surface area contributed by atoms with Crippen molar-refractivity contribution in [3.63, 3.8) is 0 Å². The Balaban J connectivity index is 2.39. The van der Waals surface area contributed by atoms with E-state index >= 15 is 0 Å². The quantitative estimate of drug-likeness (QED) is 0.909. The third-order valence-corrected chi connectivity index (χ3v) is 4.18. The number of carboxylic acids is 1. The molecule has 1 aliphatic heterocycles. The van der Waals surface area contributed by atoms with Gasteiger partial charge >= 0.3 is 5.97 Å². The third kappa shape index (κ3) is 2.72. The Morgan fingerprint density at radius 2 is 2.26 bits per heavy atom. The van der Waals surface area contributed by atoms with Crippen LogP contribution < -0.4 is 4.90 Å². The summed E-state index contributed by atoms with van der Waals surface area (Å²) < 4.78 is 0. The number of aromatic nitrogens is 1. The number of carboxylic acid groups (broad SMARTS) is 1. The Kier molecular flexibility index (Phi) is 4.08. The molecule has 0 radical (unpaired) electrons. The lowest BCUT2D eigenvalue weighted by Crippen LogP contribution is -2.43. The molecule has 1 aromatic heterocycles. The zero-order chi connectivity index (χ0) is 14.0. The number of carbonyl (C=O) groups is 1. The number of nitrogens with zero attached hydrogens (tertiary/aromatic N) is 2. The fourth-order valence-electron chi connectivity index (χ4n) is 2.84. The first kappa shape index (κ1) is 13.8. The molecule has 1 fully saturated rings. The predicted octanol–water partition coefficient (Wildman–Crippen LogP) is 3.10. The first-order valence-electron chi connectivity index (χ1n) is 7.00. The normalized spacial score (nSPS) is 23.4. The number of aromatic carboxylic acids is 1. The van der Waals surface area contributed by atoms with Crippen LogP contribution >= 0.6 is 0 Å². The molecule has 104 valence electrons. The highest BCUT2D eigenvalue weighted by molar-refractivity contribution is 5.95. The Morgan fingerprint density at radius 3 is 2.89 bits per heavy atom. The number of piperidine rings is 1. The van der Waals surface area contributed by atoms with Crippen LogP contribution in [0, 0.1) is 12.8 Å².